The van der Waals surface area contributed by atoms with Crippen molar-refractivity contribution in [1.29, 1.82) is 0 Å². The Balaban J connectivity index is 2.45. The molecule has 0 unspecified atom stereocenters. The highest BCUT2D eigenvalue weighted by Crippen LogP contribution is 2.06. The van der Waals surface area contributed by atoms with E-state index in [0.717, 1.165) is 18.4 Å². The van der Waals surface area contributed by atoms with E-state index in [1.165, 1.54) is 18.9 Å². The van der Waals surface area contributed by atoms with Gasteiger partial charge in [0.15, 0.2) is 5.83 Å². The van der Waals surface area contributed by atoms with Gasteiger partial charge in [0.25, 0.3) is 0 Å². The van der Waals surface area contributed by atoms with Crippen molar-refractivity contribution in [2.45, 2.75) is 32.6 Å². The Hall–Kier alpha value is -1.55. The van der Waals surface area contributed by atoms with E-state index in [0.29, 0.717) is 0 Å². The summed E-state index contributed by atoms with van der Waals surface area (Å²) < 4.78 is 13.3. The maximum atomic E-state index is 13.3. The van der Waals surface area contributed by atoms with Gasteiger partial charge in [-0.15, -0.1) is 0 Å². The molecule has 1 rings (SSSR count). The van der Waals surface area contributed by atoms with Crippen LogP contribution in [0.2, 0.25) is 0 Å². The van der Waals surface area contributed by atoms with E-state index in [-0.39, 0.29) is 5.83 Å². The van der Waals surface area contributed by atoms with Crippen molar-refractivity contribution in [3.63, 3.8) is 0 Å². The van der Waals surface area contributed by atoms with Crippen molar-refractivity contribution >= 4 is 6.08 Å². The Morgan fingerprint density at radius 3 is 2.69 bits per heavy atom. The summed E-state index contributed by atoms with van der Waals surface area (Å²) in [5.74, 6) is 5.02. The van der Waals surface area contributed by atoms with Crippen LogP contribution in [0.4, 0.5) is 4.39 Å². The van der Waals surface area contributed by atoms with Gasteiger partial charge in [0.2, 0.25) is 0 Å². The number of rotatable bonds is 4. The summed E-state index contributed by atoms with van der Waals surface area (Å²) in [4.78, 5) is 0. The average molecular weight is 216 g/mol. The van der Waals surface area contributed by atoms with Crippen molar-refractivity contribution in [2.24, 2.45) is 0 Å². The number of benzene rings is 1. The maximum Gasteiger partial charge on any atom is 0.173 e. The van der Waals surface area contributed by atoms with Gasteiger partial charge in [-0.1, -0.05) is 56.0 Å². The topological polar surface area (TPSA) is 0 Å². The number of halogens is 1. The van der Waals surface area contributed by atoms with E-state index in [2.05, 4.69) is 18.8 Å². The quantitative estimate of drug-likeness (QED) is 0.510. The molecule has 16 heavy (non-hydrogen) atoms. The normalized spacial score (nSPS) is 10.8. The molecule has 0 spiro atoms. The van der Waals surface area contributed by atoms with Crippen LogP contribution < -0.4 is 0 Å². The molecule has 0 fully saturated rings. The SMILES string of the molecule is CCCCCC#C/C(F)=C/c1ccccc1. The highest BCUT2D eigenvalue weighted by molar-refractivity contribution is 5.55. The molecule has 0 amide bonds. The monoisotopic (exact) mass is 216 g/mol. The molecule has 0 N–H and O–H groups in total. The lowest BCUT2D eigenvalue weighted by Crippen LogP contribution is -1.74. The van der Waals surface area contributed by atoms with Gasteiger partial charge in [-0.05, 0) is 24.0 Å². The molecule has 0 aliphatic heterocycles. The van der Waals surface area contributed by atoms with Crippen molar-refractivity contribution in [2.75, 3.05) is 0 Å². The summed E-state index contributed by atoms with van der Waals surface area (Å²) in [7, 11) is 0. The zero-order valence-electron chi connectivity index (χ0n) is 9.67. The number of hydrogen-bond donors (Lipinski definition) is 0. The van der Waals surface area contributed by atoms with E-state index < -0.39 is 0 Å². The molecule has 0 bridgehead atoms. The third-order valence-corrected chi connectivity index (χ3v) is 2.21. The molecule has 1 aromatic carbocycles. The van der Waals surface area contributed by atoms with Crippen LogP contribution in [0, 0.1) is 11.8 Å². The predicted octanol–water partition coefficient (Wildman–Crippen LogP) is 4.58. The van der Waals surface area contributed by atoms with Crippen LogP contribution in [0.25, 0.3) is 6.08 Å². The summed E-state index contributed by atoms with van der Waals surface area (Å²) in [6, 6.07) is 9.39. The van der Waals surface area contributed by atoms with Crippen LogP contribution >= 0.6 is 0 Å². The Morgan fingerprint density at radius 1 is 1.25 bits per heavy atom. The first-order chi connectivity index (χ1) is 7.83. The Kier molecular flexibility index (Phi) is 6.03. The smallest absolute Gasteiger partial charge is 0.173 e. The standard InChI is InChI=1S/C15H17F/c1-2-3-4-5-9-12-15(16)13-14-10-7-6-8-11-14/h6-8,10-11,13H,2-5H2,1H3/b15-13-. The minimum Gasteiger partial charge on any atom is -0.197 e. The molecule has 0 nitrogen and oxygen atoms in total. The van der Waals surface area contributed by atoms with Gasteiger partial charge in [0.05, 0.1) is 0 Å². The first-order valence-electron chi connectivity index (χ1n) is 5.74. The third-order valence-electron chi connectivity index (χ3n) is 2.21. The van der Waals surface area contributed by atoms with E-state index in [9.17, 15) is 4.39 Å². The molecule has 0 aliphatic rings. The summed E-state index contributed by atoms with van der Waals surface area (Å²) in [5, 5.41) is 0. The van der Waals surface area contributed by atoms with Gasteiger partial charge in [0, 0.05) is 6.42 Å². The van der Waals surface area contributed by atoms with Gasteiger partial charge in [-0.3, -0.25) is 0 Å². The molecule has 0 heterocycles. The van der Waals surface area contributed by atoms with E-state index in [4.69, 9.17) is 0 Å². The van der Waals surface area contributed by atoms with Crippen LogP contribution in [0.15, 0.2) is 36.2 Å². The molecule has 1 heteroatoms. The fraction of sp³-hybridized carbons (Fsp3) is 0.333. The minimum absolute atomic E-state index is 0.359. The van der Waals surface area contributed by atoms with Crippen LogP contribution in [-0.2, 0) is 0 Å². The second kappa shape index (κ2) is 7.70. The van der Waals surface area contributed by atoms with E-state index >= 15 is 0 Å². The van der Waals surface area contributed by atoms with Gasteiger partial charge in [-0.25, -0.2) is 0 Å². The van der Waals surface area contributed by atoms with Crippen molar-refractivity contribution < 1.29 is 4.39 Å². The van der Waals surface area contributed by atoms with Gasteiger partial charge >= 0.3 is 0 Å². The third kappa shape index (κ3) is 5.36. The van der Waals surface area contributed by atoms with Crippen LogP contribution in [0.1, 0.15) is 38.2 Å². The fourth-order valence-electron chi connectivity index (χ4n) is 1.34. The molecule has 1 aromatic rings. The predicted molar refractivity (Wildman–Crippen MR) is 67.4 cm³/mol. The molecule has 0 radical (unpaired) electrons. The zero-order valence-corrected chi connectivity index (χ0v) is 9.67. The Morgan fingerprint density at radius 2 is 2.00 bits per heavy atom. The average Bonchev–Trinajstić information content (AvgIpc) is 2.30. The number of unbranched alkanes of at least 4 members (excludes halogenated alkanes) is 3. The number of hydrogen-bond acceptors (Lipinski definition) is 0. The molecule has 0 aliphatic carbocycles. The fourth-order valence-corrected chi connectivity index (χ4v) is 1.34. The lowest BCUT2D eigenvalue weighted by Gasteiger charge is -1.90. The molecule has 0 aromatic heterocycles. The molecular weight excluding hydrogens is 199 g/mol. The van der Waals surface area contributed by atoms with Crippen LogP contribution in [0.3, 0.4) is 0 Å². The van der Waals surface area contributed by atoms with Gasteiger partial charge < -0.3 is 0 Å². The maximum absolute atomic E-state index is 13.3. The molecule has 0 saturated heterocycles. The van der Waals surface area contributed by atoms with E-state index in [1.807, 2.05) is 30.3 Å². The van der Waals surface area contributed by atoms with Crippen LogP contribution in [0.5, 0.6) is 0 Å². The molecule has 84 valence electrons. The van der Waals surface area contributed by atoms with E-state index in [1.54, 1.807) is 0 Å². The molecule has 0 atom stereocenters. The minimum atomic E-state index is -0.359. The van der Waals surface area contributed by atoms with Crippen LogP contribution in [-0.4, -0.2) is 0 Å². The Labute approximate surface area is 97.2 Å². The van der Waals surface area contributed by atoms with Crippen molar-refractivity contribution in [3.8, 4) is 11.8 Å². The molecular formula is C15H17F. The van der Waals surface area contributed by atoms with Gasteiger partial charge in [-0.2, -0.15) is 4.39 Å². The Bertz CT molecular complexity index is 379. The second-order valence-corrected chi connectivity index (χ2v) is 3.66. The summed E-state index contributed by atoms with van der Waals surface area (Å²) in [6.45, 7) is 2.14. The largest absolute Gasteiger partial charge is 0.197 e. The van der Waals surface area contributed by atoms with Crippen molar-refractivity contribution in [3.05, 3.63) is 41.7 Å². The first-order valence-corrected chi connectivity index (χ1v) is 5.74. The molecule has 0 saturated carbocycles. The highest BCUT2D eigenvalue weighted by Gasteiger charge is 1.89. The first kappa shape index (κ1) is 12.5. The summed E-state index contributed by atoms with van der Waals surface area (Å²) >= 11 is 0. The number of allylic oxidation sites excluding steroid dienone is 1. The highest BCUT2D eigenvalue weighted by atomic mass is 19.1. The lowest BCUT2D eigenvalue weighted by atomic mass is 10.2. The van der Waals surface area contributed by atoms with Crippen molar-refractivity contribution in [1.82, 2.24) is 0 Å². The lowest BCUT2D eigenvalue weighted by molar-refractivity contribution is 0.681. The zero-order chi connectivity index (χ0) is 11.6. The second-order valence-electron chi connectivity index (χ2n) is 3.66. The summed E-state index contributed by atoms with van der Waals surface area (Å²) in [5.41, 5.74) is 0.850. The summed E-state index contributed by atoms with van der Waals surface area (Å²) in [6.07, 6.45) is 5.64. The van der Waals surface area contributed by atoms with Gasteiger partial charge in [0.1, 0.15) is 0 Å².